The summed E-state index contributed by atoms with van der Waals surface area (Å²) in [5.74, 6) is 0.590. The van der Waals surface area contributed by atoms with E-state index in [2.05, 4.69) is 79.9 Å². The Morgan fingerprint density at radius 3 is 2.06 bits per heavy atom. The van der Waals surface area contributed by atoms with Crippen LogP contribution in [-0.2, 0) is 0 Å². The van der Waals surface area contributed by atoms with Crippen LogP contribution in [0.25, 0.3) is 0 Å². The highest BCUT2D eigenvalue weighted by atomic mass is 28.3. The van der Waals surface area contributed by atoms with Crippen molar-refractivity contribution in [2.75, 3.05) is 0 Å². The zero-order valence-corrected chi connectivity index (χ0v) is 11.6. The maximum absolute atomic E-state index is 2.46. The zero-order valence-electron chi connectivity index (χ0n) is 10.6. The molecular weight excluding hydrogens is 220 g/mol. The first-order valence-electron chi connectivity index (χ1n) is 6.26. The Bertz CT molecular complexity index is 422. The SMILES string of the molecule is C[Si](C)(CC1C=CC=CC=C1)c1ccccc1. The van der Waals surface area contributed by atoms with Gasteiger partial charge in [0.05, 0.1) is 8.07 Å². The van der Waals surface area contributed by atoms with E-state index in [1.165, 1.54) is 6.04 Å². The van der Waals surface area contributed by atoms with Crippen molar-refractivity contribution in [3.05, 3.63) is 66.8 Å². The van der Waals surface area contributed by atoms with E-state index in [-0.39, 0.29) is 0 Å². The Kier molecular flexibility index (Phi) is 3.80. The topological polar surface area (TPSA) is 0 Å². The molecule has 0 spiro atoms. The lowest BCUT2D eigenvalue weighted by molar-refractivity contribution is 0.916. The van der Waals surface area contributed by atoms with Gasteiger partial charge in [-0.25, -0.2) is 0 Å². The molecule has 0 heterocycles. The molecule has 1 aromatic carbocycles. The van der Waals surface area contributed by atoms with Crippen molar-refractivity contribution in [3.63, 3.8) is 0 Å². The van der Waals surface area contributed by atoms with Gasteiger partial charge in [-0.05, 0) is 12.0 Å². The van der Waals surface area contributed by atoms with E-state index in [1.807, 2.05) is 0 Å². The highest BCUT2D eigenvalue weighted by molar-refractivity contribution is 6.89. The second kappa shape index (κ2) is 5.33. The summed E-state index contributed by atoms with van der Waals surface area (Å²) in [5.41, 5.74) is 0. The lowest BCUT2D eigenvalue weighted by atomic mass is 10.1. The van der Waals surface area contributed by atoms with Gasteiger partial charge >= 0.3 is 0 Å². The molecule has 88 valence electrons. The number of hydrogen-bond acceptors (Lipinski definition) is 0. The second-order valence-corrected chi connectivity index (χ2v) is 10.0. The number of hydrogen-bond donors (Lipinski definition) is 0. The largest absolute Gasteiger partial charge is 0.0815 e. The van der Waals surface area contributed by atoms with Gasteiger partial charge in [0.15, 0.2) is 0 Å². The molecule has 0 saturated heterocycles. The number of rotatable bonds is 3. The van der Waals surface area contributed by atoms with E-state index in [4.69, 9.17) is 0 Å². The van der Waals surface area contributed by atoms with Gasteiger partial charge in [-0.1, -0.05) is 85.1 Å². The van der Waals surface area contributed by atoms with Crippen LogP contribution >= 0.6 is 0 Å². The van der Waals surface area contributed by atoms with E-state index in [0.29, 0.717) is 5.92 Å². The standard InChI is InChI=1S/C16H20Si/c1-17(2,16-12-8-5-9-13-16)14-15-10-6-3-4-7-11-15/h3-13,15H,14H2,1-2H3. The molecule has 0 N–H and O–H groups in total. The third-order valence-electron chi connectivity index (χ3n) is 3.35. The summed E-state index contributed by atoms with van der Waals surface area (Å²) >= 11 is 0. The molecule has 0 aliphatic heterocycles. The first kappa shape index (κ1) is 12.1. The molecule has 0 unspecified atom stereocenters. The first-order chi connectivity index (χ1) is 8.18. The molecule has 2 rings (SSSR count). The Hall–Kier alpha value is -1.34. The predicted octanol–water partition coefficient (Wildman–Crippen LogP) is 3.90. The fourth-order valence-electron chi connectivity index (χ4n) is 2.34. The van der Waals surface area contributed by atoms with Crippen LogP contribution in [0.1, 0.15) is 0 Å². The smallest absolute Gasteiger partial charge is 0.0779 e. The monoisotopic (exact) mass is 240 g/mol. The molecule has 17 heavy (non-hydrogen) atoms. The summed E-state index contributed by atoms with van der Waals surface area (Å²) in [6, 6.07) is 12.3. The van der Waals surface area contributed by atoms with Gasteiger partial charge in [0.2, 0.25) is 0 Å². The lowest BCUT2D eigenvalue weighted by Crippen LogP contribution is -2.42. The Labute approximate surface area is 105 Å². The van der Waals surface area contributed by atoms with Crippen LogP contribution < -0.4 is 5.19 Å². The second-order valence-electron chi connectivity index (χ2n) is 5.27. The zero-order chi connectivity index (χ0) is 12.1. The van der Waals surface area contributed by atoms with E-state index >= 15 is 0 Å². The number of allylic oxidation sites excluding steroid dienone is 6. The minimum atomic E-state index is -1.32. The van der Waals surface area contributed by atoms with Crippen molar-refractivity contribution in [1.29, 1.82) is 0 Å². The van der Waals surface area contributed by atoms with Gasteiger partial charge in [-0.15, -0.1) is 0 Å². The fourth-order valence-corrected chi connectivity index (χ4v) is 5.12. The highest BCUT2D eigenvalue weighted by Gasteiger charge is 2.25. The van der Waals surface area contributed by atoms with Crippen molar-refractivity contribution < 1.29 is 0 Å². The molecule has 0 amide bonds. The normalized spacial score (nSPS) is 16.1. The van der Waals surface area contributed by atoms with Crippen molar-refractivity contribution in [1.82, 2.24) is 0 Å². The van der Waals surface area contributed by atoms with Crippen LogP contribution in [0.3, 0.4) is 0 Å². The summed E-state index contributed by atoms with van der Waals surface area (Å²) < 4.78 is 0. The molecule has 1 heteroatoms. The average molecular weight is 240 g/mol. The van der Waals surface area contributed by atoms with Gasteiger partial charge in [0, 0.05) is 0 Å². The van der Waals surface area contributed by atoms with Gasteiger partial charge in [-0.3, -0.25) is 0 Å². The van der Waals surface area contributed by atoms with Gasteiger partial charge in [-0.2, -0.15) is 0 Å². The molecule has 0 bridgehead atoms. The van der Waals surface area contributed by atoms with Crippen molar-refractivity contribution in [2.24, 2.45) is 5.92 Å². The van der Waals surface area contributed by atoms with Gasteiger partial charge in [0.1, 0.15) is 0 Å². The summed E-state index contributed by atoms with van der Waals surface area (Å²) in [6.45, 7) is 4.92. The van der Waals surface area contributed by atoms with Crippen molar-refractivity contribution in [2.45, 2.75) is 19.1 Å². The summed E-state index contributed by atoms with van der Waals surface area (Å²) in [4.78, 5) is 0. The van der Waals surface area contributed by atoms with Gasteiger partial charge in [0.25, 0.3) is 0 Å². The minimum absolute atomic E-state index is 0.590. The Morgan fingerprint density at radius 2 is 1.47 bits per heavy atom. The van der Waals surface area contributed by atoms with Crippen LogP contribution in [0.2, 0.25) is 19.1 Å². The molecule has 0 atom stereocenters. The summed E-state index contributed by atoms with van der Waals surface area (Å²) in [6.07, 6.45) is 13.2. The highest BCUT2D eigenvalue weighted by Crippen LogP contribution is 2.20. The molecule has 0 radical (unpaired) electrons. The molecule has 0 fully saturated rings. The van der Waals surface area contributed by atoms with Crippen LogP contribution in [0.4, 0.5) is 0 Å². The van der Waals surface area contributed by atoms with Crippen LogP contribution in [0.5, 0.6) is 0 Å². The van der Waals surface area contributed by atoms with Gasteiger partial charge < -0.3 is 0 Å². The molecule has 0 saturated carbocycles. The van der Waals surface area contributed by atoms with Crippen molar-refractivity contribution >= 4 is 13.3 Å². The third kappa shape index (κ3) is 3.30. The Balaban J connectivity index is 2.12. The van der Waals surface area contributed by atoms with E-state index in [0.717, 1.165) is 0 Å². The minimum Gasteiger partial charge on any atom is -0.0779 e. The summed E-state index contributed by atoms with van der Waals surface area (Å²) in [7, 11) is -1.32. The van der Waals surface area contributed by atoms with E-state index in [1.54, 1.807) is 5.19 Å². The average Bonchev–Trinajstić information content (AvgIpc) is 2.58. The molecule has 1 aliphatic carbocycles. The van der Waals surface area contributed by atoms with Crippen molar-refractivity contribution in [3.8, 4) is 0 Å². The summed E-state index contributed by atoms with van der Waals surface area (Å²) in [5, 5.41) is 1.55. The molecule has 0 nitrogen and oxygen atoms in total. The Morgan fingerprint density at radius 1 is 0.882 bits per heavy atom. The van der Waals surface area contributed by atoms with Crippen LogP contribution in [0, 0.1) is 5.92 Å². The first-order valence-corrected chi connectivity index (χ1v) is 9.46. The molecular formula is C16H20Si. The predicted molar refractivity (Wildman–Crippen MR) is 79.3 cm³/mol. The lowest BCUT2D eigenvalue weighted by Gasteiger charge is -2.25. The fraction of sp³-hybridized carbons (Fsp3) is 0.250. The van der Waals surface area contributed by atoms with E-state index in [9.17, 15) is 0 Å². The quantitative estimate of drug-likeness (QED) is 0.703. The third-order valence-corrected chi connectivity index (χ3v) is 6.74. The molecule has 1 aliphatic rings. The number of benzene rings is 1. The molecule has 0 aromatic heterocycles. The van der Waals surface area contributed by atoms with Crippen LogP contribution in [-0.4, -0.2) is 8.07 Å². The van der Waals surface area contributed by atoms with Crippen LogP contribution in [0.15, 0.2) is 66.8 Å². The maximum Gasteiger partial charge on any atom is 0.0815 e. The van der Waals surface area contributed by atoms with E-state index < -0.39 is 8.07 Å². The molecule has 1 aromatic rings. The maximum atomic E-state index is 2.46.